The number of guanidine groups is 1. The van der Waals surface area contributed by atoms with Gasteiger partial charge in [0.25, 0.3) is 5.91 Å². The number of aryl methyl sites for hydroxylation is 1. The van der Waals surface area contributed by atoms with Crippen LogP contribution in [0.3, 0.4) is 0 Å². The molecule has 1 heterocycles. The van der Waals surface area contributed by atoms with Crippen molar-refractivity contribution in [2.24, 2.45) is 4.99 Å². The van der Waals surface area contributed by atoms with Crippen molar-refractivity contribution < 1.29 is 13.9 Å². The van der Waals surface area contributed by atoms with Crippen molar-refractivity contribution in [3.8, 4) is 0 Å². The molecule has 2 aromatic rings. The summed E-state index contributed by atoms with van der Waals surface area (Å²) < 4.78 is 19.5. The van der Waals surface area contributed by atoms with Gasteiger partial charge in [0, 0.05) is 31.7 Å². The number of nitrogens with zero attached hydrogens (tertiary/aromatic N) is 2. The van der Waals surface area contributed by atoms with Crippen LogP contribution in [0.2, 0.25) is 0 Å². The van der Waals surface area contributed by atoms with Crippen molar-refractivity contribution in [1.82, 2.24) is 15.5 Å². The van der Waals surface area contributed by atoms with Crippen LogP contribution in [0.1, 0.15) is 47.8 Å². The number of rotatable bonds is 6. The summed E-state index contributed by atoms with van der Waals surface area (Å²) in [6.07, 6.45) is 0.0951. The average Bonchev–Trinajstić information content (AvgIpc) is 2.77. The first-order valence-electron chi connectivity index (χ1n) is 11.2. The van der Waals surface area contributed by atoms with Crippen molar-refractivity contribution in [3.63, 3.8) is 0 Å². The Balaban J connectivity index is 1.58. The highest BCUT2D eigenvalue weighted by Gasteiger charge is 2.26. The predicted octanol–water partition coefficient (Wildman–Crippen LogP) is 3.64. The van der Waals surface area contributed by atoms with Crippen molar-refractivity contribution in [2.75, 3.05) is 19.6 Å². The summed E-state index contributed by atoms with van der Waals surface area (Å²) in [4.78, 5) is 19.2. The van der Waals surface area contributed by atoms with E-state index in [9.17, 15) is 9.18 Å². The van der Waals surface area contributed by atoms with Gasteiger partial charge in [-0.2, -0.15) is 0 Å². The summed E-state index contributed by atoms with van der Waals surface area (Å²) in [5, 5.41) is 6.49. The van der Waals surface area contributed by atoms with Gasteiger partial charge in [-0.3, -0.25) is 4.79 Å². The molecule has 2 N–H and O–H groups in total. The zero-order valence-corrected chi connectivity index (χ0v) is 19.3. The molecule has 2 atom stereocenters. The fourth-order valence-electron chi connectivity index (χ4n) is 3.72. The Hall–Kier alpha value is -2.93. The maximum Gasteiger partial charge on any atom is 0.254 e. The number of aliphatic imine (C=N–C) groups is 1. The van der Waals surface area contributed by atoms with E-state index in [0.717, 1.165) is 17.7 Å². The highest BCUT2D eigenvalue weighted by Crippen LogP contribution is 2.15. The number of benzene rings is 2. The monoisotopic (exact) mass is 440 g/mol. The summed E-state index contributed by atoms with van der Waals surface area (Å²) in [6.45, 7) is 10.6. The van der Waals surface area contributed by atoms with E-state index < -0.39 is 0 Å². The number of hydrogen-bond acceptors (Lipinski definition) is 3. The quantitative estimate of drug-likeness (QED) is 0.532. The molecule has 0 saturated carbocycles. The van der Waals surface area contributed by atoms with Crippen LogP contribution in [0.5, 0.6) is 0 Å². The second kappa shape index (κ2) is 11.1. The third-order valence-electron chi connectivity index (χ3n) is 5.37. The van der Waals surface area contributed by atoms with Gasteiger partial charge in [0.1, 0.15) is 5.82 Å². The fourth-order valence-corrected chi connectivity index (χ4v) is 3.72. The Bertz CT molecular complexity index is 935. The van der Waals surface area contributed by atoms with E-state index in [0.29, 0.717) is 43.3 Å². The summed E-state index contributed by atoms with van der Waals surface area (Å²) in [5.74, 6) is 0.475. The lowest BCUT2D eigenvalue weighted by Crippen LogP contribution is -2.48. The largest absolute Gasteiger partial charge is 0.372 e. The van der Waals surface area contributed by atoms with E-state index in [-0.39, 0.29) is 23.9 Å². The molecule has 0 aliphatic carbocycles. The van der Waals surface area contributed by atoms with E-state index in [1.54, 1.807) is 13.0 Å². The molecule has 0 spiro atoms. The molecule has 32 heavy (non-hydrogen) atoms. The van der Waals surface area contributed by atoms with Crippen molar-refractivity contribution in [2.45, 2.75) is 53.0 Å². The number of carbonyl (C=O) groups is 1. The Kier molecular flexibility index (Phi) is 8.22. The first kappa shape index (κ1) is 23.7. The van der Waals surface area contributed by atoms with E-state index in [4.69, 9.17) is 4.74 Å². The third-order valence-corrected chi connectivity index (χ3v) is 5.37. The molecule has 2 unspecified atom stereocenters. The Morgan fingerprint density at radius 3 is 2.38 bits per heavy atom. The molecule has 6 nitrogen and oxygen atoms in total. The molecule has 3 rings (SSSR count). The molecule has 7 heteroatoms. The first-order chi connectivity index (χ1) is 15.4. The summed E-state index contributed by atoms with van der Waals surface area (Å²) in [5.41, 5.74) is 3.16. The maximum absolute atomic E-state index is 13.8. The van der Waals surface area contributed by atoms with Crippen LogP contribution in [0, 0.1) is 12.7 Å². The highest BCUT2D eigenvalue weighted by atomic mass is 19.1. The Morgan fingerprint density at radius 1 is 1.09 bits per heavy atom. The summed E-state index contributed by atoms with van der Waals surface area (Å²) in [7, 11) is 0. The van der Waals surface area contributed by atoms with Crippen LogP contribution in [0.25, 0.3) is 0 Å². The van der Waals surface area contributed by atoms with Gasteiger partial charge in [-0.15, -0.1) is 0 Å². The molecule has 0 radical (unpaired) electrons. The minimum atomic E-state index is -0.216. The van der Waals surface area contributed by atoms with Gasteiger partial charge < -0.3 is 20.3 Å². The SMILES string of the molecule is CCNC(=NCc1ccc(C)c(F)c1)NCc1ccc(C(=O)N2CC(C)OC(C)C2)cc1. The number of morpholine rings is 1. The molecule has 1 saturated heterocycles. The molecular weight excluding hydrogens is 407 g/mol. The normalized spacial score (nSPS) is 19.0. The van der Waals surface area contributed by atoms with Gasteiger partial charge in [0.15, 0.2) is 5.96 Å². The van der Waals surface area contributed by atoms with Crippen LogP contribution in [-0.4, -0.2) is 48.6 Å². The Labute approximate surface area is 189 Å². The smallest absolute Gasteiger partial charge is 0.254 e. The molecule has 1 aliphatic rings. The number of nitrogens with one attached hydrogen (secondary N) is 2. The number of amides is 1. The van der Waals surface area contributed by atoms with Crippen LogP contribution >= 0.6 is 0 Å². The van der Waals surface area contributed by atoms with Gasteiger partial charge >= 0.3 is 0 Å². The zero-order valence-electron chi connectivity index (χ0n) is 19.3. The molecule has 0 bridgehead atoms. The lowest BCUT2D eigenvalue weighted by atomic mass is 10.1. The van der Waals surface area contributed by atoms with Crippen molar-refractivity contribution in [3.05, 3.63) is 70.5 Å². The van der Waals surface area contributed by atoms with Gasteiger partial charge in [-0.05, 0) is 62.6 Å². The molecule has 1 fully saturated rings. The molecule has 1 aliphatic heterocycles. The summed E-state index contributed by atoms with van der Waals surface area (Å²) in [6, 6.07) is 12.8. The molecular formula is C25H33FN4O2. The van der Waals surface area contributed by atoms with E-state index in [1.807, 2.05) is 56.0 Å². The van der Waals surface area contributed by atoms with Crippen LogP contribution in [0.15, 0.2) is 47.5 Å². The lowest BCUT2D eigenvalue weighted by molar-refractivity contribution is -0.0586. The van der Waals surface area contributed by atoms with Crippen molar-refractivity contribution in [1.29, 1.82) is 0 Å². The Morgan fingerprint density at radius 2 is 1.75 bits per heavy atom. The van der Waals surface area contributed by atoms with Crippen LogP contribution in [-0.2, 0) is 17.8 Å². The van der Waals surface area contributed by atoms with Crippen LogP contribution < -0.4 is 10.6 Å². The van der Waals surface area contributed by atoms with Crippen LogP contribution in [0.4, 0.5) is 4.39 Å². The molecule has 0 aromatic heterocycles. The summed E-state index contributed by atoms with van der Waals surface area (Å²) >= 11 is 0. The molecule has 172 valence electrons. The number of halogens is 1. The molecule has 2 aromatic carbocycles. The molecule has 1 amide bonds. The average molecular weight is 441 g/mol. The standard InChI is InChI=1S/C25H33FN4O2/c1-5-27-25(29-14-21-7-6-17(2)23(26)12-21)28-13-20-8-10-22(11-9-20)24(31)30-15-18(3)32-19(4)16-30/h6-12,18-19H,5,13-16H2,1-4H3,(H2,27,28,29). The van der Waals surface area contributed by atoms with Gasteiger partial charge in [0.2, 0.25) is 0 Å². The number of ether oxygens (including phenoxy) is 1. The van der Waals surface area contributed by atoms with Crippen molar-refractivity contribution >= 4 is 11.9 Å². The fraction of sp³-hybridized carbons (Fsp3) is 0.440. The minimum absolute atomic E-state index is 0.0340. The number of hydrogen-bond donors (Lipinski definition) is 2. The third kappa shape index (κ3) is 6.53. The topological polar surface area (TPSA) is 66.0 Å². The predicted molar refractivity (Wildman–Crippen MR) is 125 cm³/mol. The van der Waals surface area contributed by atoms with E-state index in [1.165, 1.54) is 6.07 Å². The van der Waals surface area contributed by atoms with E-state index in [2.05, 4.69) is 15.6 Å². The zero-order chi connectivity index (χ0) is 23.1. The van der Waals surface area contributed by atoms with Gasteiger partial charge in [0.05, 0.1) is 18.8 Å². The first-order valence-corrected chi connectivity index (χ1v) is 11.2. The van der Waals surface area contributed by atoms with Gasteiger partial charge in [-0.25, -0.2) is 9.38 Å². The van der Waals surface area contributed by atoms with Gasteiger partial charge in [-0.1, -0.05) is 24.3 Å². The minimum Gasteiger partial charge on any atom is -0.372 e. The number of carbonyl (C=O) groups excluding carboxylic acids is 1. The lowest BCUT2D eigenvalue weighted by Gasteiger charge is -2.35. The highest BCUT2D eigenvalue weighted by molar-refractivity contribution is 5.94. The second-order valence-corrected chi connectivity index (χ2v) is 8.30. The van der Waals surface area contributed by atoms with E-state index >= 15 is 0 Å². The maximum atomic E-state index is 13.8. The second-order valence-electron chi connectivity index (χ2n) is 8.30.